The van der Waals surface area contributed by atoms with Gasteiger partial charge in [-0.25, -0.2) is 16.8 Å². The monoisotopic (exact) mass is 423 g/mol. The van der Waals surface area contributed by atoms with Crippen molar-refractivity contribution in [2.75, 3.05) is 33.2 Å². The lowest BCUT2D eigenvalue weighted by Gasteiger charge is -2.24. The Bertz CT molecular complexity index is 824. The maximum atomic E-state index is 13.0. The summed E-state index contributed by atoms with van der Waals surface area (Å²) < 4.78 is 54.4. The van der Waals surface area contributed by atoms with Crippen molar-refractivity contribution in [3.63, 3.8) is 0 Å². The van der Waals surface area contributed by atoms with Crippen molar-refractivity contribution in [3.05, 3.63) is 24.3 Å². The molecule has 0 aliphatic carbocycles. The molecule has 2 fully saturated rings. The molecule has 0 amide bonds. The third kappa shape index (κ3) is 4.07. The van der Waals surface area contributed by atoms with Gasteiger partial charge in [0.15, 0.2) is 0 Å². The quantitative estimate of drug-likeness (QED) is 0.744. The molecule has 148 valence electrons. The van der Waals surface area contributed by atoms with Gasteiger partial charge in [-0.1, -0.05) is 6.07 Å². The highest BCUT2D eigenvalue weighted by molar-refractivity contribution is 7.90. The number of rotatable bonds is 6. The van der Waals surface area contributed by atoms with Gasteiger partial charge in [-0.05, 0) is 50.9 Å². The number of hydrogen-bond acceptors (Lipinski definition) is 5. The summed E-state index contributed by atoms with van der Waals surface area (Å²) in [5.74, 6) is 0. The SMILES string of the molecule is CNCC1CCCN1S(=O)(=O)c1cccc(S(=O)(=O)N2CCCC2)c1.Cl. The molecule has 26 heavy (non-hydrogen) atoms. The second-order valence-corrected chi connectivity index (χ2v) is 10.4. The third-order valence-corrected chi connectivity index (χ3v) is 8.72. The van der Waals surface area contributed by atoms with Gasteiger partial charge in [-0.2, -0.15) is 8.61 Å². The van der Waals surface area contributed by atoms with Gasteiger partial charge >= 0.3 is 0 Å². The van der Waals surface area contributed by atoms with E-state index in [1.165, 1.54) is 32.9 Å². The molecular weight excluding hydrogens is 398 g/mol. The van der Waals surface area contributed by atoms with Crippen LogP contribution in [0.15, 0.2) is 34.1 Å². The van der Waals surface area contributed by atoms with E-state index in [2.05, 4.69) is 5.32 Å². The number of halogens is 1. The predicted molar refractivity (Wildman–Crippen MR) is 103 cm³/mol. The van der Waals surface area contributed by atoms with E-state index in [9.17, 15) is 16.8 Å². The molecule has 1 atom stereocenters. The Morgan fingerprint density at radius 1 is 1.00 bits per heavy atom. The van der Waals surface area contributed by atoms with E-state index in [1.54, 1.807) is 7.05 Å². The smallest absolute Gasteiger partial charge is 0.243 e. The van der Waals surface area contributed by atoms with Crippen LogP contribution in [0.25, 0.3) is 0 Å². The fourth-order valence-electron chi connectivity index (χ4n) is 3.57. The first kappa shape index (κ1) is 21.6. The van der Waals surface area contributed by atoms with Gasteiger partial charge in [0.25, 0.3) is 0 Å². The lowest BCUT2D eigenvalue weighted by Crippen LogP contribution is -2.40. The van der Waals surface area contributed by atoms with Crippen molar-refractivity contribution in [2.24, 2.45) is 0 Å². The van der Waals surface area contributed by atoms with Gasteiger partial charge in [0.05, 0.1) is 9.79 Å². The number of hydrogen-bond donors (Lipinski definition) is 1. The van der Waals surface area contributed by atoms with Crippen LogP contribution < -0.4 is 5.32 Å². The maximum Gasteiger partial charge on any atom is 0.243 e. The molecule has 2 heterocycles. The topological polar surface area (TPSA) is 86.8 Å². The predicted octanol–water partition coefficient (Wildman–Crippen LogP) is 1.27. The van der Waals surface area contributed by atoms with Gasteiger partial charge in [0.2, 0.25) is 20.0 Å². The first-order chi connectivity index (χ1) is 11.9. The summed E-state index contributed by atoms with van der Waals surface area (Å²) in [7, 11) is -5.54. The van der Waals surface area contributed by atoms with Crippen molar-refractivity contribution in [2.45, 2.75) is 41.5 Å². The van der Waals surface area contributed by atoms with Crippen LogP contribution in [0.3, 0.4) is 0 Å². The minimum Gasteiger partial charge on any atom is -0.318 e. The van der Waals surface area contributed by atoms with E-state index in [-0.39, 0.29) is 28.2 Å². The van der Waals surface area contributed by atoms with Crippen LogP contribution >= 0.6 is 12.4 Å². The van der Waals surface area contributed by atoms with Gasteiger partial charge in [-0.3, -0.25) is 0 Å². The lowest BCUT2D eigenvalue weighted by atomic mass is 10.2. The Morgan fingerprint density at radius 3 is 2.23 bits per heavy atom. The van der Waals surface area contributed by atoms with Gasteiger partial charge in [0, 0.05) is 32.2 Å². The summed E-state index contributed by atoms with van der Waals surface area (Å²) in [6.45, 7) is 2.05. The second-order valence-electron chi connectivity index (χ2n) is 6.56. The fraction of sp³-hybridized carbons (Fsp3) is 0.625. The highest BCUT2D eigenvalue weighted by atomic mass is 35.5. The van der Waals surface area contributed by atoms with Crippen LogP contribution in [0.4, 0.5) is 0 Å². The van der Waals surface area contributed by atoms with Crippen molar-refractivity contribution >= 4 is 32.5 Å². The Balaban J connectivity index is 0.00000243. The van der Waals surface area contributed by atoms with Crippen LogP contribution in [-0.4, -0.2) is 64.7 Å². The zero-order valence-corrected chi connectivity index (χ0v) is 17.2. The Labute approximate surface area is 162 Å². The molecule has 10 heteroatoms. The highest BCUT2D eigenvalue weighted by Crippen LogP contribution is 2.28. The summed E-state index contributed by atoms with van der Waals surface area (Å²) in [5, 5.41) is 3.03. The molecule has 0 aromatic heterocycles. The normalized spacial score (nSPS) is 22.4. The molecule has 0 saturated carbocycles. The Hall–Kier alpha value is -0.710. The molecule has 1 unspecified atom stereocenters. The summed E-state index contributed by atoms with van der Waals surface area (Å²) in [6, 6.07) is 5.68. The number of benzene rings is 1. The number of likely N-dealkylation sites (N-methyl/N-ethyl adjacent to an activating group) is 1. The van der Waals surface area contributed by atoms with E-state index < -0.39 is 20.0 Å². The first-order valence-electron chi connectivity index (χ1n) is 8.64. The van der Waals surface area contributed by atoms with E-state index in [0.717, 1.165) is 25.7 Å². The molecule has 0 bridgehead atoms. The van der Waals surface area contributed by atoms with Crippen LogP contribution in [0, 0.1) is 0 Å². The summed E-state index contributed by atoms with van der Waals surface area (Å²) in [6.07, 6.45) is 3.32. The Morgan fingerprint density at radius 2 is 1.62 bits per heavy atom. The van der Waals surface area contributed by atoms with E-state index in [4.69, 9.17) is 0 Å². The molecule has 1 aromatic rings. The summed E-state index contributed by atoms with van der Waals surface area (Å²) in [4.78, 5) is 0.107. The van der Waals surface area contributed by atoms with Crippen LogP contribution in [-0.2, 0) is 20.0 Å². The summed E-state index contributed by atoms with van der Waals surface area (Å²) >= 11 is 0. The standard InChI is InChI=1S/C16H25N3O4S2.ClH/c1-17-13-14-6-5-11-19(14)25(22,23)16-8-4-7-15(12-16)24(20,21)18-9-2-3-10-18;/h4,7-8,12,14,17H,2-3,5-6,9-11,13H2,1H3;1H. The largest absolute Gasteiger partial charge is 0.318 e. The molecular formula is C16H26ClN3O4S2. The molecule has 0 radical (unpaired) electrons. The van der Waals surface area contributed by atoms with E-state index in [1.807, 2.05) is 0 Å². The molecule has 0 spiro atoms. The van der Waals surface area contributed by atoms with E-state index in [0.29, 0.717) is 26.2 Å². The number of nitrogens with one attached hydrogen (secondary N) is 1. The zero-order chi connectivity index (χ0) is 18.1. The zero-order valence-electron chi connectivity index (χ0n) is 14.8. The van der Waals surface area contributed by atoms with Gasteiger partial charge in [0.1, 0.15) is 0 Å². The number of sulfonamides is 2. The molecule has 2 saturated heterocycles. The average molecular weight is 424 g/mol. The third-order valence-electron chi connectivity index (χ3n) is 4.88. The van der Waals surface area contributed by atoms with Crippen molar-refractivity contribution < 1.29 is 16.8 Å². The average Bonchev–Trinajstić information content (AvgIpc) is 3.27. The lowest BCUT2D eigenvalue weighted by molar-refractivity contribution is 0.379. The Kier molecular flexibility index (Phi) is 7.09. The molecule has 1 aromatic carbocycles. The van der Waals surface area contributed by atoms with Crippen LogP contribution in [0.5, 0.6) is 0 Å². The minimum absolute atomic E-state index is 0. The van der Waals surface area contributed by atoms with Crippen molar-refractivity contribution in [3.8, 4) is 0 Å². The fourth-order valence-corrected chi connectivity index (χ4v) is 6.95. The second kappa shape index (κ2) is 8.53. The molecule has 1 N–H and O–H groups in total. The highest BCUT2D eigenvalue weighted by Gasteiger charge is 2.36. The van der Waals surface area contributed by atoms with Crippen LogP contribution in [0.2, 0.25) is 0 Å². The van der Waals surface area contributed by atoms with E-state index >= 15 is 0 Å². The molecule has 3 rings (SSSR count). The summed E-state index contributed by atoms with van der Waals surface area (Å²) in [5.41, 5.74) is 0. The molecule has 7 nitrogen and oxygen atoms in total. The van der Waals surface area contributed by atoms with Crippen LogP contribution in [0.1, 0.15) is 25.7 Å². The van der Waals surface area contributed by atoms with Crippen molar-refractivity contribution in [1.29, 1.82) is 0 Å². The van der Waals surface area contributed by atoms with Crippen molar-refractivity contribution in [1.82, 2.24) is 13.9 Å². The minimum atomic E-state index is -3.71. The first-order valence-corrected chi connectivity index (χ1v) is 11.5. The number of nitrogens with zero attached hydrogens (tertiary/aromatic N) is 2. The van der Waals surface area contributed by atoms with Gasteiger partial charge in [-0.15, -0.1) is 12.4 Å². The molecule has 2 aliphatic rings. The molecule has 2 aliphatic heterocycles. The maximum absolute atomic E-state index is 13.0. The van der Waals surface area contributed by atoms with Gasteiger partial charge < -0.3 is 5.32 Å².